The third kappa shape index (κ3) is 2.70. The molecule has 0 bridgehead atoms. The third-order valence-electron chi connectivity index (χ3n) is 2.61. The van der Waals surface area contributed by atoms with Crippen LogP contribution >= 0.6 is 31.9 Å². The number of nitro benzene ring substituents is 2. The molecule has 0 N–H and O–H groups in total. The smallest absolute Gasteiger partial charge is 0.258 e. The fraction of sp³-hybridized carbons (Fsp3) is 0. The third-order valence-corrected chi connectivity index (χ3v) is 3.75. The Morgan fingerprint density at radius 3 is 2.20 bits per heavy atom. The van der Waals surface area contributed by atoms with E-state index in [1.54, 1.807) is 6.07 Å². The number of nitro groups is 2. The summed E-state index contributed by atoms with van der Waals surface area (Å²) in [6.07, 6.45) is 0. The number of nitrogens with zero attached hydrogens (tertiary/aromatic N) is 2. The highest BCUT2D eigenvalue weighted by molar-refractivity contribution is 9.10. The Bertz CT molecular complexity index is 719. The minimum atomic E-state index is -0.565. The number of halogens is 2. The van der Waals surface area contributed by atoms with Crippen LogP contribution < -0.4 is 0 Å². The first kappa shape index (κ1) is 14.6. The van der Waals surface area contributed by atoms with Crippen molar-refractivity contribution in [2.24, 2.45) is 0 Å². The van der Waals surface area contributed by atoms with E-state index in [0.29, 0.717) is 4.47 Å². The van der Waals surface area contributed by atoms with Crippen molar-refractivity contribution < 1.29 is 9.85 Å². The van der Waals surface area contributed by atoms with Crippen LogP contribution in [0.4, 0.5) is 11.4 Å². The van der Waals surface area contributed by atoms with Crippen molar-refractivity contribution in [2.75, 3.05) is 0 Å². The molecule has 0 fully saturated rings. The number of hydrogen-bond acceptors (Lipinski definition) is 4. The van der Waals surface area contributed by atoms with E-state index in [4.69, 9.17) is 0 Å². The van der Waals surface area contributed by atoms with Crippen molar-refractivity contribution in [3.8, 4) is 11.1 Å². The minimum absolute atomic E-state index is 0.186. The van der Waals surface area contributed by atoms with Gasteiger partial charge >= 0.3 is 0 Å². The molecule has 0 amide bonds. The van der Waals surface area contributed by atoms with Gasteiger partial charge in [-0.2, -0.15) is 0 Å². The maximum Gasteiger partial charge on any atom is 0.291 e. The highest BCUT2D eigenvalue weighted by Crippen LogP contribution is 2.40. The molecule has 20 heavy (non-hydrogen) atoms. The summed E-state index contributed by atoms with van der Waals surface area (Å²) < 4.78 is 0.877. The Hall–Kier alpha value is -1.80. The van der Waals surface area contributed by atoms with Crippen LogP contribution in [0.2, 0.25) is 0 Å². The van der Waals surface area contributed by atoms with Crippen LogP contribution in [-0.4, -0.2) is 9.85 Å². The van der Waals surface area contributed by atoms with Gasteiger partial charge in [-0.1, -0.05) is 22.0 Å². The Morgan fingerprint density at radius 2 is 1.60 bits per heavy atom. The molecule has 6 nitrogen and oxygen atoms in total. The van der Waals surface area contributed by atoms with Gasteiger partial charge in [-0.15, -0.1) is 0 Å². The van der Waals surface area contributed by atoms with E-state index in [1.165, 1.54) is 30.3 Å². The summed E-state index contributed by atoms with van der Waals surface area (Å²) in [7, 11) is 0. The molecule has 2 aromatic carbocycles. The summed E-state index contributed by atoms with van der Waals surface area (Å²) in [6.45, 7) is 0. The quantitative estimate of drug-likeness (QED) is 0.551. The molecule has 0 aliphatic heterocycles. The lowest BCUT2D eigenvalue weighted by atomic mass is 10.0. The first-order valence-electron chi connectivity index (χ1n) is 5.29. The topological polar surface area (TPSA) is 86.3 Å². The average molecular weight is 402 g/mol. The Labute approximate surface area is 130 Å². The maximum absolute atomic E-state index is 11.2. The van der Waals surface area contributed by atoms with Crippen LogP contribution in [-0.2, 0) is 0 Å². The predicted octanol–water partition coefficient (Wildman–Crippen LogP) is 4.70. The molecule has 0 aromatic heterocycles. The number of para-hydroxylation sites is 1. The fourth-order valence-corrected chi connectivity index (χ4v) is 2.67. The van der Waals surface area contributed by atoms with Crippen molar-refractivity contribution >= 4 is 43.2 Å². The van der Waals surface area contributed by atoms with E-state index in [-0.39, 0.29) is 27.0 Å². The van der Waals surface area contributed by atoms with Crippen LogP contribution in [0.3, 0.4) is 0 Å². The summed E-state index contributed by atoms with van der Waals surface area (Å²) in [5, 5.41) is 22.3. The zero-order valence-corrected chi connectivity index (χ0v) is 12.9. The van der Waals surface area contributed by atoms with Crippen molar-refractivity contribution in [1.29, 1.82) is 0 Å². The van der Waals surface area contributed by atoms with Crippen LogP contribution in [0.5, 0.6) is 0 Å². The average Bonchev–Trinajstić information content (AvgIpc) is 2.37. The second kappa shape index (κ2) is 5.68. The molecule has 0 saturated carbocycles. The largest absolute Gasteiger partial charge is 0.291 e. The van der Waals surface area contributed by atoms with Gasteiger partial charge in [-0.25, -0.2) is 0 Å². The Balaban J connectivity index is 2.81. The zero-order chi connectivity index (χ0) is 14.9. The van der Waals surface area contributed by atoms with Gasteiger partial charge in [-0.05, 0) is 40.2 Å². The van der Waals surface area contributed by atoms with Gasteiger partial charge in [-0.3, -0.25) is 20.2 Å². The molecule has 0 saturated heterocycles. The first-order valence-corrected chi connectivity index (χ1v) is 6.87. The van der Waals surface area contributed by atoms with Crippen LogP contribution in [0.1, 0.15) is 0 Å². The predicted molar refractivity (Wildman–Crippen MR) is 80.6 cm³/mol. The van der Waals surface area contributed by atoms with Gasteiger partial charge in [0, 0.05) is 10.5 Å². The Morgan fingerprint density at radius 1 is 0.900 bits per heavy atom. The molecule has 102 valence electrons. The molecular formula is C12H6Br2N2O4. The summed E-state index contributed by atoms with van der Waals surface area (Å²) >= 11 is 6.32. The van der Waals surface area contributed by atoms with Gasteiger partial charge in [0.1, 0.15) is 0 Å². The highest BCUT2D eigenvalue weighted by atomic mass is 79.9. The van der Waals surface area contributed by atoms with Crippen molar-refractivity contribution in [2.45, 2.75) is 0 Å². The molecule has 0 heterocycles. The van der Waals surface area contributed by atoms with E-state index in [2.05, 4.69) is 31.9 Å². The van der Waals surface area contributed by atoms with E-state index in [1.807, 2.05) is 0 Å². The highest BCUT2D eigenvalue weighted by Gasteiger charge is 2.25. The van der Waals surface area contributed by atoms with Crippen molar-refractivity contribution in [3.05, 3.63) is 65.6 Å². The summed E-state index contributed by atoms with van der Waals surface area (Å²) in [6, 6.07) is 8.92. The molecular weight excluding hydrogens is 396 g/mol. The summed E-state index contributed by atoms with van der Waals surface area (Å²) in [4.78, 5) is 21.1. The van der Waals surface area contributed by atoms with E-state index < -0.39 is 9.85 Å². The molecule has 0 spiro atoms. The number of benzene rings is 2. The molecule has 2 rings (SSSR count). The second-order valence-corrected chi connectivity index (χ2v) is 5.58. The monoisotopic (exact) mass is 400 g/mol. The lowest BCUT2D eigenvalue weighted by Gasteiger charge is -2.06. The summed E-state index contributed by atoms with van der Waals surface area (Å²) in [5.41, 5.74) is -0.00199. The molecule has 0 unspecified atom stereocenters. The number of hydrogen-bond donors (Lipinski definition) is 0. The minimum Gasteiger partial charge on any atom is -0.258 e. The van der Waals surface area contributed by atoms with Gasteiger partial charge in [0.25, 0.3) is 11.4 Å². The normalized spacial score (nSPS) is 10.3. The SMILES string of the molecule is O=[N+]([O-])c1ccc(Br)cc1-c1cccc(Br)c1[N+](=O)[O-]. The molecule has 0 atom stereocenters. The molecule has 2 aromatic rings. The summed E-state index contributed by atoms with van der Waals surface area (Å²) in [5.74, 6) is 0. The van der Waals surface area contributed by atoms with E-state index in [0.717, 1.165) is 0 Å². The Kier molecular flexibility index (Phi) is 4.15. The van der Waals surface area contributed by atoms with Crippen LogP contribution in [0.15, 0.2) is 45.3 Å². The van der Waals surface area contributed by atoms with Gasteiger partial charge < -0.3 is 0 Å². The molecule has 0 radical (unpaired) electrons. The molecule has 0 aliphatic carbocycles. The van der Waals surface area contributed by atoms with Crippen molar-refractivity contribution in [3.63, 3.8) is 0 Å². The maximum atomic E-state index is 11.2. The van der Waals surface area contributed by atoms with Gasteiger partial charge in [0.2, 0.25) is 0 Å². The fourth-order valence-electron chi connectivity index (χ4n) is 1.80. The zero-order valence-electron chi connectivity index (χ0n) is 9.75. The molecule has 8 heteroatoms. The second-order valence-electron chi connectivity index (χ2n) is 3.81. The van der Waals surface area contributed by atoms with Gasteiger partial charge in [0.15, 0.2) is 0 Å². The molecule has 0 aliphatic rings. The van der Waals surface area contributed by atoms with Crippen LogP contribution in [0, 0.1) is 20.2 Å². The lowest BCUT2D eigenvalue weighted by molar-refractivity contribution is -0.386. The lowest BCUT2D eigenvalue weighted by Crippen LogP contribution is -1.97. The first-order chi connectivity index (χ1) is 9.41. The number of rotatable bonds is 3. The van der Waals surface area contributed by atoms with E-state index >= 15 is 0 Å². The van der Waals surface area contributed by atoms with Gasteiger partial charge in [0.05, 0.1) is 25.4 Å². The van der Waals surface area contributed by atoms with E-state index in [9.17, 15) is 20.2 Å². The van der Waals surface area contributed by atoms with Crippen LogP contribution in [0.25, 0.3) is 11.1 Å². The van der Waals surface area contributed by atoms with Crippen molar-refractivity contribution in [1.82, 2.24) is 0 Å². The standard InChI is InChI=1S/C12H6Br2N2O4/c13-7-4-5-11(15(17)18)9(6-7)8-2-1-3-10(14)12(8)16(19)20/h1-6H.